The van der Waals surface area contributed by atoms with Crippen LogP contribution < -0.4 is 0 Å². The molecule has 1 N–H and O–H groups in total. The van der Waals surface area contributed by atoms with Gasteiger partial charge in [-0.3, -0.25) is 4.79 Å². The van der Waals surface area contributed by atoms with E-state index in [-0.39, 0.29) is 24.7 Å². The molecule has 1 aliphatic carbocycles. The first kappa shape index (κ1) is 16.7. The van der Waals surface area contributed by atoms with E-state index in [2.05, 4.69) is 0 Å². The minimum absolute atomic E-state index is 0.0144. The number of hydrogen-bond acceptors (Lipinski definition) is 5. The number of rotatable bonds is 3. The third-order valence-electron chi connectivity index (χ3n) is 4.60. The molecule has 0 saturated heterocycles. The molecule has 5 heteroatoms. The van der Waals surface area contributed by atoms with Crippen molar-refractivity contribution < 1.29 is 24.2 Å². The summed E-state index contributed by atoms with van der Waals surface area (Å²) in [7, 11) is 0. The van der Waals surface area contributed by atoms with Crippen molar-refractivity contribution in [3.63, 3.8) is 0 Å². The first-order valence-corrected chi connectivity index (χ1v) is 8.36. The van der Waals surface area contributed by atoms with Crippen LogP contribution in [0.1, 0.15) is 49.7 Å². The van der Waals surface area contributed by atoms with Crippen LogP contribution in [0, 0.1) is 6.92 Å². The summed E-state index contributed by atoms with van der Waals surface area (Å²) in [5.74, 6) is -2.74. The molecule has 1 aromatic carbocycles. The summed E-state index contributed by atoms with van der Waals surface area (Å²) in [6.45, 7) is 3.82. The number of Topliss-reactive ketones (excluding diaryl/α,β-unsaturated/α-hetero) is 1. The molecule has 2 aliphatic rings. The van der Waals surface area contributed by atoms with Crippen LogP contribution in [0.4, 0.5) is 0 Å². The van der Waals surface area contributed by atoms with Gasteiger partial charge in [-0.1, -0.05) is 29.8 Å². The first-order valence-electron chi connectivity index (χ1n) is 8.36. The number of allylic oxidation sites excluding steroid dienone is 2. The van der Waals surface area contributed by atoms with Gasteiger partial charge in [0.15, 0.2) is 5.78 Å². The number of hydrogen-bond donors (Lipinski definition) is 1. The summed E-state index contributed by atoms with van der Waals surface area (Å²) in [4.78, 5) is 24.7. The van der Waals surface area contributed by atoms with Crippen LogP contribution >= 0.6 is 0 Å². The number of carbonyl (C=O) groups excluding carboxylic acids is 2. The number of ketones is 1. The van der Waals surface area contributed by atoms with Gasteiger partial charge in [0.25, 0.3) is 0 Å². The summed E-state index contributed by atoms with van der Waals surface area (Å²) in [6.07, 6.45) is 1.67. The largest absolute Gasteiger partial charge is 0.461 e. The van der Waals surface area contributed by atoms with Crippen LogP contribution in [0.25, 0.3) is 0 Å². The molecule has 0 fully saturated rings. The molecule has 1 unspecified atom stereocenters. The van der Waals surface area contributed by atoms with E-state index in [0.29, 0.717) is 30.6 Å². The lowest BCUT2D eigenvalue weighted by molar-refractivity contribution is -0.224. The predicted octanol–water partition coefficient (Wildman–Crippen LogP) is 2.76. The fourth-order valence-corrected chi connectivity index (χ4v) is 3.41. The molecule has 1 heterocycles. The Kier molecular flexibility index (Phi) is 4.45. The standard InChI is InChI=1S/C19H22O5/c1-3-23-18(21)19(22)11-14(13-9-7-12(2)8-10-13)17-15(20)5-4-6-16(17)24-19/h7-10,14,22H,3-6,11H2,1-2H3/t14-,19?/m0/s1. The molecule has 24 heavy (non-hydrogen) atoms. The van der Waals surface area contributed by atoms with Gasteiger partial charge < -0.3 is 14.6 Å². The Bertz CT molecular complexity index is 688. The smallest absolute Gasteiger partial charge is 0.379 e. The fraction of sp³-hybridized carbons (Fsp3) is 0.474. The van der Waals surface area contributed by atoms with Gasteiger partial charge in [-0.2, -0.15) is 0 Å². The number of ether oxygens (including phenoxy) is 2. The molecular weight excluding hydrogens is 308 g/mol. The van der Waals surface area contributed by atoms with Gasteiger partial charge in [0.2, 0.25) is 0 Å². The van der Waals surface area contributed by atoms with Gasteiger partial charge in [-0.05, 0) is 25.8 Å². The molecule has 0 radical (unpaired) electrons. The second-order valence-corrected chi connectivity index (χ2v) is 6.39. The van der Waals surface area contributed by atoms with Crippen LogP contribution in [-0.2, 0) is 19.1 Å². The third kappa shape index (κ3) is 2.96. The molecule has 128 valence electrons. The number of aryl methyl sites for hydroxylation is 1. The summed E-state index contributed by atoms with van der Waals surface area (Å²) < 4.78 is 10.6. The molecule has 0 aromatic heterocycles. The van der Waals surface area contributed by atoms with Crippen molar-refractivity contribution in [1.82, 2.24) is 0 Å². The lowest BCUT2D eigenvalue weighted by Crippen LogP contribution is -2.48. The van der Waals surface area contributed by atoms with E-state index in [1.807, 2.05) is 31.2 Å². The summed E-state index contributed by atoms with van der Waals surface area (Å²) >= 11 is 0. The van der Waals surface area contributed by atoms with E-state index in [1.54, 1.807) is 6.92 Å². The Morgan fingerprint density at radius 2 is 2.04 bits per heavy atom. The van der Waals surface area contributed by atoms with Crippen LogP contribution in [0.5, 0.6) is 0 Å². The zero-order valence-corrected chi connectivity index (χ0v) is 14.0. The first-order chi connectivity index (χ1) is 11.4. The Labute approximate surface area is 141 Å². The Morgan fingerprint density at radius 1 is 1.33 bits per heavy atom. The Hall–Kier alpha value is -2.14. The maximum absolute atomic E-state index is 12.5. The average Bonchev–Trinajstić information content (AvgIpc) is 2.55. The molecule has 1 aliphatic heterocycles. The second kappa shape index (κ2) is 6.40. The topological polar surface area (TPSA) is 72.8 Å². The molecule has 1 aromatic rings. The highest BCUT2D eigenvalue weighted by Crippen LogP contribution is 2.45. The number of esters is 1. The maximum Gasteiger partial charge on any atom is 0.379 e. The van der Waals surface area contributed by atoms with E-state index in [1.165, 1.54) is 0 Å². The molecule has 0 amide bonds. The van der Waals surface area contributed by atoms with E-state index >= 15 is 0 Å². The van der Waals surface area contributed by atoms with Gasteiger partial charge in [-0.25, -0.2) is 4.79 Å². The highest BCUT2D eigenvalue weighted by atomic mass is 16.7. The van der Waals surface area contributed by atoms with Crippen LogP contribution in [0.2, 0.25) is 0 Å². The Balaban J connectivity index is 2.04. The van der Waals surface area contributed by atoms with Crippen molar-refractivity contribution in [1.29, 1.82) is 0 Å². The monoisotopic (exact) mass is 330 g/mol. The molecule has 2 atom stereocenters. The van der Waals surface area contributed by atoms with Crippen molar-refractivity contribution in [3.05, 3.63) is 46.7 Å². The van der Waals surface area contributed by atoms with Gasteiger partial charge in [0.1, 0.15) is 5.76 Å². The van der Waals surface area contributed by atoms with Gasteiger partial charge >= 0.3 is 11.8 Å². The van der Waals surface area contributed by atoms with E-state index < -0.39 is 11.8 Å². The maximum atomic E-state index is 12.5. The van der Waals surface area contributed by atoms with Crippen LogP contribution in [0.15, 0.2) is 35.6 Å². The molecule has 3 rings (SSSR count). The molecule has 0 spiro atoms. The summed E-state index contributed by atoms with van der Waals surface area (Å²) in [6, 6.07) is 7.79. The summed E-state index contributed by atoms with van der Waals surface area (Å²) in [5, 5.41) is 10.7. The van der Waals surface area contributed by atoms with Crippen molar-refractivity contribution >= 4 is 11.8 Å². The SMILES string of the molecule is CCOC(=O)C1(O)C[C@@H](c2ccc(C)cc2)C2=C(CCCC2=O)O1. The fourth-order valence-electron chi connectivity index (χ4n) is 3.41. The van der Waals surface area contributed by atoms with Gasteiger partial charge in [-0.15, -0.1) is 0 Å². The van der Waals surface area contributed by atoms with Crippen LogP contribution in [-0.4, -0.2) is 29.3 Å². The zero-order chi connectivity index (χ0) is 17.3. The number of aliphatic hydroxyl groups is 1. The summed E-state index contributed by atoms with van der Waals surface area (Å²) in [5.41, 5.74) is 2.60. The molecule has 5 nitrogen and oxygen atoms in total. The average molecular weight is 330 g/mol. The second-order valence-electron chi connectivity index (χ2n) is 6.39. The normalized spacial score (nSPS) is 26.6. The number of carbonyl (C=O) groups is 2. The number of benzene rings is 1. The van der Waals surface area contributed by atoms with Crippen molar-refractivity contribution in [2.24, 2.45) is 0 Å². The third-order valence-corrected chi connectivity index (χ3v) is 4.60. The van der Waals surface area contributed by atoms with Crippen molar-refractivity contribution in [2.45, 2.75) is 51.2 Å². The van der Waals surface area contributed by atoms with E-state index in [0.717, 1.165) is 11.1 Å². The van der Waals surface area contributed by atoms with Crippen molar-refractivity contribution in [3.8, 4) is 0 Å². The minimum Gasteiger partial charge on any atom is -0.461 e. The quantitative estimate of drug-likeness (QED) is 0.863. The minimum atomic E-state index is -2.04. The molecule has 0 saturated carbocycles. The highest BCUT2D eigenvalue weighted by Gasteiger charge is 2.50. The van der Waals surface area contributed by atoms with Crippen LogP contribution in [0.3, 0.4) is 0 Å². The van der Waals surface area contributed by atoms with E-state index in [9.17, 15) is 14.7 Å². The van der Waals surface area contributed by atoms with E-state index in [4.69, 9.17) is 9.47 Å². The molecular formula is C19H22O5. The zero-order valence-electron chi connectivity index (χ0n) is 14.0. The molecule has 0 bridgehead atoms. The lowest BCUT2D eigenvalue weighted by Gasteiger charge is -2.39. The van der Waals surface area contributed by atoms with Crippen molar-refractivity contribution in [2.75, 3.05) is 6.61 Å². The van der Waals surface area contributed by atoms with Gasteiger partial charge in [0, 0.05) is 30.8 Å². The predicted molar refractivity (Wildman–Crippen MR) is 87.1 cm³/mol. The highest BCUT2D eigenvalue weighted by molar-refractivity contribution is 5.98. The van der Waals surface area contributed by atoms with Gasteiger partial charge in [0.05, 0.1) is 6.61 Å². The lowest BCUT2D eigenvalue weighted by atomic mass is 9.77. The Morgan fingerprint density at radius 3 is 2.71 bits per heavy atom.